The van der Waals surface area contributed by atoms with Crippen molar-refractivity contribution in [3.8, 4) is 17.7 Å². The van der Waals surface area contributed by atoms with Crippen LogP contribution in [0.15, 0.2) is 30.6 Å². The average molecular weight is 225 g/mol. The molecule has 0 aliphatic carbocycles. The van der Waals surface area contributed by atoms with Crippen molar-refractivity contribution in [3.63, 3.8) is 0 Å². The monoisotopic (exact) mass is 225 g/mol. The Bertz CT molecular complexity index is 570. The first-order valence-corrected chi connectivity index (χ1v) is 5.17. The number of nitrogens with zero attached hydrogens (tertiary/aromatic N) is 3. The maximum Gasteiger partial charge on any atom is 0.237 e. The molecule has 0 N–H and O–H groups in total. The molecule has 84 valence electrons. The summed E-state index contributed by atoms with van der Waals surface area (Å²) in [6.45, 7) is 3.75. The highest BCUT2D eigenvalue weighted by molar-refractivity contribution is 5.45. The fourth-order valence-electron chi connectivity index (χ4n) is 1.37. The van der Waals surface area contributed by atoms with Crippen molar-refractivity contribution < 1.29 is 4.74 Å². The fourth-order valence-corrected chi connectivity index (χ4v) is 1.37. The predicted octanol–water partition coefficient (Wildman–Crippen LogP) is 2.76. The molecule has 0 saturated heterocycles. The number of hydrogen-bond donors (Lipinski definition) is 0. The number of aromatic nitrogens is 2. The molecule has 0 spiro atoms. The predicted molar refractivity (Wildman–Crippen MR) is 62.7 cm³/mol. The van der Waals surface area contributed by atoms with Gasteiger partial charge in [0.15, 0.2) is 0 Å². The molecule has 0 saturated carbocycles. The van der Waals surface area contributed by atoms with Gasteiger partial charge in [-0.25, -0.2) is 4.98 Å². The number of nitriles is 1. The van der Waals surface area contributed by atoms with E-state index in [1.807, 2.05) is 19.9 Å². The van der Waals surface area contributed by atoms with Gasteiger partial charge in [-0.2, -0.15) is 5.26 Å². The molecule has 0 aliphatic rings. The molecular formula is C13H11N3O. The summed E-state index contributed by atoms with van der Waals surface area (Å²) in [5, 5.41) is 9.04. The van der Waals surface area contributed by atoms with Gasteiger partial charge in [-0.1, -0.05) is 0 Å². The topological polar surface area (TPSA) is 58.8 Å². The minimum absolute atomic E-state index is 0.318. The van der Waals surface area contributed by atoms with Gasteiger partial charge in [-0.05, 0) is 37.6 Å². The van der Waals surface area contributed by atoms with Crippen LogP contribution in [0.25, 0.3) is 0 Å². The van der Waals surface area contributed by atoms with Gasteiger partial charge in [0.05, 0.1) is 6.20 Å². The number of rotatable bonds is 2. The Kier molecular flexibility index (Phi) is 3.01. The first kappa shape index (κ1) is 11.1. The molecule has 0 aromatic carbocycles. The van der Waals surface area contributed by atoms with E-state index in [9.17, 15) is 0 Å². The third-order valence-corrected chi connectivity index (χ3v) is 2.34. The zero-order valence-electron chi connectivity index (χ0n) is 9.64. The summed E-state index contributed by atoms with van der Waals surface area (Å²) >= 11 is 0. The van der Waals surface area contributed by atoms with Crippen LogP contribution in [-0.4, -0.2) is 9.97 Å². The third-order valence-electron chi connectivity index (χ3n) is 2.34. The maximum atomic E-state index is 9.04. The zero-order valence-corrected chi connectivity index (χ0v) is 9.64. The van der Waals surface area contributed by atoms with E-state index in [1.165, 1.54) is 0 Å². The lowest BCUT2D eigenvalue weighted by molar-refractivity contribution is 0.458. The van der Waals surface area contributed by atoms with Crippen LogP contribution >= 0.6 is 0 Å². The van der Waals surface area contributed by atoms with E-state index < -0.39 is 0 Å². The van der Waals surface area contributed by atoms with Crippen LogP contribution in [-0.2, 0) is 0 Å². The minimum atomic E-state index is 0.318. The Morgan fingerprint density at radius 1 is 1.18 bits per heavy atom. The van der Waals surface area contributed by atoms with E-state index in [0.717, 1.165) is 11.3 Å². The molecule has 2 aromatic heterocycles. The van der Waals surface area contributed by atoms with Crippen molar-refractivity contribution in [2.24, 2.45) is 0 Å². The molecule has 0 unspecified atom stereocenters. The van der Waals surface area contributed by atoms with Crippen LogP contribution in [0, 0.1) is 25.2 Å². The molecular weight excluding hydrogens is 214 g/mol. The first-order chi connectivity index (χ1) is 8.20. The van der Waals surface area contributed by atoms with Crippen molar-refractivity contribution >= 4 is 0 Å². The molecule has 2 heterocycles. The lowest BCUT2D eigenvalue weighted by Gasteiger charge is -2.07. The highest BCUT2D eigenvalue weighted by Gasteiger charge is 2.08. The van der Waals surface area contributed by atoms with Gasteiger partial charge < -0.3 is 4.74 Å². The molecule has 2 aromatic rings. The molecule has 17 heavy (non-hydrogen) atoms. The zero-order chi connectivity index (χ0) is 12.3. The Hall–Kier alpha value is -2.41. The number of aryl methyl sites for hydroxylation is 2. The van der Waals surface area contributed by atoms with Crippen molar-refractivity contribution in [3.05, 3.63) is 47.4 Å². The summed E-state index contributed by atoms with van der Waals surface area (Å²) in [6.07, 6.45) is 3.23. The minimum Gasteiger partial charge on any atom is -0.436 e. The van der Waals surface area contributed by atoms with Crippen LogP contribution in [0.3, 0.4) is 0 Å². The van der Waals surface area contributed by atoms with Gasteiger partial charge >= 0.3 is 0 Å². The summed E-state index contributed by atoms with van der Waals surface area (Å²) in [5.74, 6) is 0.892. The Balaban J connectivity index is 2.34. The van der Waals surface area contributed by atoms with Crippen LogP contribution in [0.4, 0.5) is 0 Å². The van der Waals surface area contributed by atoms with E-state index in [1.54, 1.807) is 24.5 Å². The van der Waals surface area contributed by atoms with Crippen LogP contribution in [0.2, 0.25) is 0 Å². The van der Waals surface area contributed by atoms with E-state index in [4.69, 9.17) is 10.00 Å². The van der Waals surface area contributed by atoms with E-state index in [-0.39, 0.29) is 0 Å². The summed E-state index contributed by atoms with van der Waals surface area (Å²) < 4.78 is 5.54. The van der Waals surface area contributed by atoms with Gasteiger partial charge in [-0.3, -0.25) is 4.98 Å². The number of ether oxygens (including phenoxy) is 1. The maximum absolute atomic E-state index is 9.04. The quantitative estimate of drug-likeness (QED) is 0.788. The average Bonchev–Trinajstić information content (AvgIpc) is 2.32. The normalized spacial score (nSPS) is 9.71. The van der Waals surface area contributed by atoms with Gasteiger partial charge in [-0.15, -0.1) is 0 Å². The van der Waals surface area contributed by atoms with Gasteiger partial charge in [0.25, 0.3) is 0 Å². The van der Waals surface area contributed by atoms with Crippen LogP contribution in [0.1, 0.15) is 16.8 Å². The summed E-state index contributed by atoms with van der Waals surface area (Å²) in [6, 6.07) is 7.51. The van der Waals surface area contributed by atoms with Gasteiger partial charge in [0.1, 0.15) is 17.4 Å². The third kappa shape index (κ3) is 2.40. The molecule has 0 bridgehead atoms. The largest absolute Gasteiger partial charge is 0.436 e. The molecule has 0 aliphatic heterocycles. The summed E-state index contributed by atoms with van der Waals surface area (Å²) in [4.78, 5) is 8.17. The molecule has 4 nitrogen and oxygen atoms in total. The van der Waals surface area contributed by atoms with E-state index in [2.05, 4.69) is 16.0 Å². The Labute approximate surface area is 99.5 Å². The number of pyridine rings is 2. The molecule has 0 atom stereocenters. The summed E-state index contributed by atoms with van der Waals surface area (Å²) in [5.41, 5.74) is 2.21. The van der Waals surface area contributed by atoms with Crippen LogP contribution < -0.4 is 4.74 Å². The van der Waals surface area contributed by atoms with Crippen LogP contribution in [0.5, 0.6) is 11.6 Å². The van der Waals surface area contributed by atoms with Gasteiger partial charge in [0, 0.05) is 11.9 Å². The van der Waals surface area contributed by atoms with Crippen molar-refractivity contribution in [2.45, 2.75) is 13.8 Å². The molecule has 2 rings (SSSR count). The smallest absolute Gasteiger partial charge is 0.237 e. The second kappa shape index (κ2) is 4.62. The molecule has 0 amide bonds. The second-order valence-electron chi connectivity index (χ2n) is 3.66. The molecule has 0 fully saturated rings. The SMILES string of the molecule is Cc1ccc(Oc2nccc(C)c2C#N)cn1. The van der Waals surface area contributed by atoms with Crippen molar-refractivity contribution in [2.75, 3.05) is 0 Å². The van der Waals surface area contributed by atoms with E-state index in [0.29, 0.717) is 17.2 Å². The Morgan fingerprint density at radius 3 is 2.65 bits per heavy atom. The van der Waals surface area contributed by atoms with E-state index >= 15 is 0 Å². The van der Waals surface area contributed by atoms with Gasteiger partial charge in [0.2, 0.25) is 5.88 Å². The first-order valence-electron chi connectivity index (χ1n) is 5.17. The lowest BCUT2D eigenvalue weighted by Crippen LogP contribution is -1.94. The number of hydrogen-bond acceptors (Lipinski definition) is 4. The summed E-state index contributed by atoms with van der Waals surface area (Å²) in [7, 11) is 0. The van der Waals surface area contributed by atoms with Crippen molar-refractivity contribution in [1.82, 2.24) is 9.97 Å². The Morgan fingerprint density at radius 2 is 2.00 bits per heavy atom. The fraction of sp³-hybridized carbons (Fsp3) is 0.154. The van der Waals surface area contributed by atoms with Crippen molar-refractivity contribution in [1.29, 1.82) is 5.26 Å². The second-order valence-corrected chi connectivity index (χ2v) is 3.66. The standard InChI is InChI=1S/C13H11N3O/c1-9-5-6-15-13(12(9)7-14)17-11-4-3-10(2)16-8-11/h3-6,8H,1-2H3. The highest BCUT2D eigenvalue weighted by atomic mass is 16.5. The molecule has 4 heteroatoms. The molecule has 0 radical (unpaired) electrons. The lowest BCUT2D eigenvalue weighted by atomic mass is 10.2. The highest BCUT2D eigenvalue weighted by Crippen LogP contribution is 2.23.